The summed E-state index contributed by atoms with van der Waals surface area (Å²) in [5.41, 5.74) is 0. The number of nitro groups is 1. The average Bonchev–Trinajstić information content (AvgIpc) is 3.00. The molecule has 21 heavy (non-hydrogen) atoms. The number of nitrogens with zero attached hydrogens (tertiary/aromatic N) is 2. The summed E-state index contributed by atoms with van der Waals surface area (Å²) in [6.45, 7) is 5.30. The van der Waals surface area contributed by atoms with Crippen LogP contribution >= 0.6 is 0 Å². The van der Waals surface area contributed by atoms with E-state index in [1.807, 2.05) is 0 Å². The molecule has 0 unspecified atom stereocenters. The lowest BCUT2D eigenvalue weighted by molar-refractivity contribution is -0.402. The Hall–Kier alpha value is -1.44. The van der Waals surface area contributed by atoms with Crippen LogP contribution in [-0.2, 0) is 4.74 Å². The minimum Gasteiger partial charge on any atom is -0.404 e. The van der Waals surface area contributed by atoms with Crippen LogP contribution in [0.3, 0.4) is 0 Å². The number of rotatable bonds is 4. The molecule has 1 aromatic heterocycles. The summed E-state index contributed by atoms with van der Waals surface area (Å²) >= 11 is 0. The molecule has 7 nitrogen and oxygen atoms in total. The van der Waals surface area contributed by atoms with E-state index in [1.54, 1.807) is 6.07 Å². The molecule has 1 atom stereocenters. The van der Waals surface area contributed by atoms with Gasteiger partial charge >= 0.3 is 5.88 Å². The van der Waals surface area contributed by atoms with E-state index in [1.165, 1.54) is 6.07 Å². The van der Waals surface area contributed by atoms with Crippen LogP contribution in [-0.4, -0.2) is 49.2 Å². The molecular formula is C14H21N3O4. The molecule has 2 fully saturated rings. The highest BCUT2D eigenvalue weighted by molar-refractivity contribution is 5.20. The highest BCUT2D eigenvalue weighted by atomic mass is 16.6. The van der Waals surface area contributed by atoms with Gasteiger partial charge in [-0.25, -0.2) is 0 Å². The summed E-state index contributed by atoms with van der Waals surface area (Å²) in [5, 5.41) is 14.2. The van der Waals surface area contributed by atoms with Gasteiger partial charge in [0, 0.05) is 39.4 Å². The van der Waals surface area contributed by atoms with Crippen molar-refractivity contribution in [3.63, 3.8) is 0 Å². The van der Waals surface area contributed by atoms with Gasteiger partial charge in [0.15, 0.2) is 0 Å². The van der Waals surface area contributed by atoms with E-state index in [-0.39, 0.29) is 11.9 Å². The van der Waals surface area contributed by atoms with Gasteiger partial charge in [-0.1, -0.05) is 0 Å². The Kier molecular flexibility index (Phi) is 4.52. The standard InChI is InChI=1S/C14H21N3O4/c18-17(19)13-2-1-12(21-13)14(11-3-9-20-10-4-11)16-7-5-15-6-8-16/h1-2,11,14-15H,3-10H2/t14-/m1/s1. The van der Waals surface area contributed by atoms with E-state index in [4.69, 9.17) is 9.15 Å². The van der Waals surface area contributed by atoms with Gasteiger partial charge in [0.05, 0.1) is 12.1 Å². The van der Waals surface area contributed by atoms with Gasteiger partial charge in [-0.2, -0.15) is 0 Å². The summed E-state index contributed by atoms with van der Waals surface area (Å²) in [6.07, 6.45) is 1.95. The van der Waals surface area contributed by atoms with E-state index >= 15 is 0 Å². The second-order valence-corrected chi connectivity index (χ2v) is 5.61. The molecule has 2 aliphatic heterocycles. The smallest absolute Gasteiger partial charge is 0.404 e. The molecule has 2 saturated heterocycles. The minimum atomic E-state index is -0.470. The van der Waals surface area contributed by atoms with Gasteiger partial charge in [-0.15, -0.1) is 0 Å². The molecule has 1 N–H and O–H groups in total. The molecule has 3 heterocycles. The van der Waals surface area contributed by atoms with Crippen molar-refractivity contribution in [3.05, 3.63) is 28.0 Å². The van der Waals surface area contributed by atoms with E-state index in [2.05, 4.69) is 10.2 Å². The van der Waals surface area contributed by atoms with Crippen LogP contribution in [0, 0.1) is 16.0 Å². The summed E-state index contributed by atoms with van der Waals surface area (Å²) in [7, 11) is 0. The van der Waals surface area contributed by atoms with Gasteiger partial charge in [-0.3, -0.25) is 15.0 Å². The molecular weight excluding hydrogens is 274 g/mol. The summed E-state index contributed by atoms with van der Waals surface area (Å²) in [5.74, 6) is 0.982. The van der Waals surface area contributed by atoms with Gasteiger partial charge in [-0.05, 0) is 24.8 Å². The monoisotopic (exact) mass is 295 g/mol. The third-order valence-electron chi connectivity index (χ3n) is 4.34. The normalized spacial score (nSPS) is 23.0. The molecule has 0 amide bonds. The fourth-order valence-corrected chi connectivity index (χ4v) is 3.30. The Morgan fingerprint density at radius 3 is 2.62 bits per heavy atom. The third-order valence-corrected chi connectivity index (χ3v) is 4.34. The van der Waals surface area contributed by atoms with Crippen molar-refractivity contribution in [2.75, 3.05) is 39.4 Å². The highest BCUT2D eigenvalue weighted by Crippen LogP contribution is 2.37. The molecule has 0 radical (unpaired) electrons. The Labute approximate surface area is 123 Å². The van der Waals surface area contributed by atoms with Crippen molar-refractivity contribution in [1.82, 2.24) is 10.2 Å². The Morgan fingerprint density at radius 1 is 1.29 bits per heavy atom. The number of piperazine rings is 1. The highest BCUT2D eigenvalue weighted by Gasteiger charge is 2.34. The first-order chi connectivity index (χ1) is 10.3. The van der Waals surface area contributed by atoms with Crippen LogP contribution in [0.5, 0.6) is 0 Å². The van der Waals surface area contributed by atoms with Crippen LogP contribution in [0.1, 0.15) is 24.6 Å². The van der Waals surface area contributed by atoms with Gasteiger partial charge in [0.25, 0.3) is 0 Å². The fourth-order valence-electron chi connectivity index (χ4n) is 3.30. The first-order valence-electron chi connectivity index (χ1n) is 7.52. The molecule has 0 aromatic carbocycles. The summed E-state index contributed by atoms with van der Waals surface area (Å²) < 4.78 is 11.0. The first kappa shape index (κ1) is 14.5. The predicted molar refractivity (Wildman–Crippen MR) is 76.1 cm³/mol. The lowest BCUT2D eigenvalue weighted by Crippen LogP contribution is -2.47. The summed E-state index contributed by atoms with van der Waals surface area (Å²) in [6, 6.07) is 3.34. The number of nitrogens with one attached hydrogen (secondary N) is 1. The zero-order valence-corrected chi connectivity index (χ0v) is 12.0. The largest absolute Gasteiger partial charge is 0.433 e. The zero-order chi connectivity index (χ0) is 14.7. The summed E-state index contributed by atoms with van der Waals surface area (Å²) in [4.78, 5) is 12.8. The molecule has 1 aromatic rings. The molecule has 0 bridgehead atoms. The predicted octanol–water partition coefficient (Wildman–Crippen LogP) is 1.56. The Bertz CT molecular complexity index is 460. The molecule has 3 rings (SSSR count). The number of hydrogen-bond acceptors (Lipinski definition) is 6. The van der Waals surface area contributed by atoms with Crippen LogP contribution < -0.4 is 5.32 Å². The van der Waals surface area contributed by atoms with E-state index in [0.717, 1.165) is 58.0 Å². The number of ether oxygens (including phenoxy) is 1. The Balaban J connectivity index is 1.84. The van der Waals surface area contributed by atoms with E-state index in [9.17, 15) is 10.1 Å². The molecule has 116 valence electrons. The van der Waals surface area contributed by atoms with Crippen molar-refractivity contribution in [1.29, 1.82) is 0 Å². The molecule has 0 saturated carbocycles. The molecule has 7 heteroatoms. The third kappa shape index (κ3) is 3.25. The zero-order valence-electron chi connectivity index (χ0n) is 12.0. The van der Waals surface area contributed by atoms with Crippen LogP contribution in [0.25, 0.3) is 0 Å². The SMILES string of the molecule is O=[N+]([O-])c1ccc([C@@H](C2CCOCC2)N2CCNCC2)o1. The van der Waals surface area contributed by atoms with E-state index < -0.39 is 4.92 Å². The van der Waals surface area contributed by atoms with Crippen molar-refractivity contribution in [2.24, 2.45) is 5.92 Å². The Morgan fingerprint density at radius 2 is 2.00 bits per heavy atom. The molecule has 0 aliphatic carbocycles. The van der Waals surface area contributed by atoms with Crippen molar-refractivity contribution in [3.8, 4) is 0 Å². The topological polar surface area (TPSA) is 80.8 Å². The van der Waals surface area contributed by atoms with Gasteiger partial charge < -0.3 is 14.5 Å². The van der Waals surface area contributed by atoms with Crippen molar-refractivity contribution in [2.45, 2.75) is 18.9 Å². The van der Waals surface area contributed by atoms with Gasteiger partial charge in [0.1, 0.15) is 10.7 Å². The van der Waals surface area contributed by atoms with Crippen molar-refractivity contribution < 1.29 is 14.1 Å². The molecule has 2 aliphatic rings. The van der Waals surface area contributed by atoms with Crippen LogP contribution in [0.2, 0.25) is 0 Å². The van der Waals surface area contributed by atoms with Crippen molar-refractivity contribution >= 4 is 5.88 Å². The average molecular weight is 295 g/mol. The second-order valence-electron chi connectivity index (χ2n) is 5.61. The lowest BCUT2D eigenvalue weighted by atomic mass is 9.88. The second kappa shape index (κ2) is 6.55. The quantitative estimate of drug-likeness (QED) is 0.670. The van der Waals surface area contributed by atoms with Crippen LogP contribution in [0.15, 0.2) is 16.5 Å². The maximum absolute atomic E-state index is 10.9. The van der Waals surface area contributed by atoms with E-state index in [0.29, 0.717) is 5.92 Å². The maximum atomic E-state index is 10.9. The first-order valence-corrected chi connectivity index (χ1v) is 7.52. The number of hydrogen-bond donors (Lipinski definition) is 1. The fraction of sp³-hybridized carbons (Fsp3) is 0.714. The minimum absolute atomic E-state index is 0.115. The number of furan rings is 1. The van der Waals surface area contributed by atoms with Crippen LogP contribution in [0.4, 0.5) is 5.88 Å². The van der Waals surface area contributed by atoms with Gasteiger partial charge in [0.2, 0.25) is 0 Å². The molecule has 0 spiro atoms. The lowest BCUT2D eigenvalue weighted by Gasteiger charge is -2.39. The maximum Gasteiger partial charge on any atom is 0.433 e.